The van der Waals surface area contributed by atoms with Crippen molar-refractivity contribution in [2.45, 2.75) is 52.5 Å². The van der Waals surface area contributed by atoms with E-state index in [2.05, 4.69) is 23.8 Å². The SMILES string of the molecule is [B]C(=O)OCc1ccc(NC(=O)OCc2ccc(OCN(C(=O)CCC(=O)NC)c3ccc(COC(=O)Nc4ccc(COC([B])=O)cc4COC([B])=O)cc3)cc2)c(COC)c1.[B]C=O. The number of hydrogen-bond donors (Lipinski definition) is 3. The molecule has 3 N–H and O–H groups in total. The van der Waals surface area contributed by atoms with Crippen molar-refractivity contribution in [2.75, 3.05) is 36.4 Å². The number of anilines is 3. The van der Waals surface area contributed by atoms with E-state index < -0.39 is 35.7 Å². The topological polar surface area (TPSA) is 240 Å². The number of nitrogens with zero attached hydrogens (tertiary/aromatic N) is 1. The van der Waals surface area contributed by atoms with Crippen LogP contribution in [0.3, 0.4) is 0 Å². The Kier molecular flexibility index (Phi) is 22.6. The van der Waals surface area contributed by atoms with Crippen molar-refractivity contribution in [1.82, 2.24) is 5.32 Å². The van der Waals surface area contributed by atoms with Gasteiger partial charge >= 0.3 is 12.2 Å². The third kappa shape index (κ3) is 19.5. The Morgan fingerprint density at radius 2 is 1.00 bits per heavy atom. The zero-order valence-corrected chi connectivity index (χ0v) is 35.9. The van der Waals surface area contributed by atoms with Gasteiger partial charge in [-0.25, -0.2) is 9.59 Å². The number of rotatable bonds is 21. The number of methoxy groups -OCH3 is 1. The predicted octanol–water partition coefficient (Wildman–Crippen LogP) is 4.99. The second-order valence-corrected chi connectivity index (χ2v) is 13.4. The molecular formula is C43H42B4N4O15. The Morgan fingerprint density at radius 3 is 1.45 bits per heavy atom. The van der Waals surface area contributed by atoms with Gasteiger partial charge in [0.1, 0.15) is 38.8 Å². The lowest BCUT2D eigenvalue weighted by atomic mass is 10.1. The largest absolute Gasteiger partial charge is 0.473 e. The summed E-state index contributed by atoms with van der Waals surface area (Å²) in [5.74, 6) is -3.26. The minimum absolute atomic E-state index is 0.0448. The zero-order valence-electron chi connectivity index (χ0n) is 35.9. The van der Waals surface area contributed by atoms with Crippen LogP contribution in [0.4, 0.5) is 41.0 Å². The van der Waals surface area contributed by atoms with Crippen LogP contribution in [0.25, 0.3) is 0 Å². The van der Waals surface area contributed by atoms with Gasteiger partial charge in [0, 0.05) is 49.5 Å². The molecule has 4 aromatic rings. The van der Waals surface area contributed by atoms with Crippen molar-refractivity contribution in [3.8, 4) is 5.75 Å². The lowest BCUT2D eigenvalue weighted by Crippen LogP contribution is -2.35. The fraction of sp³-hybridized carbons (Fsp3) is 0.256. The summed E-state index contributed by atoms with van der Waals surface area (Å²) in [5.41, 5.74) is 4.42. The normalized spacial score (nSPS) is 10.1. The Morgan fingerprint density at radius 1 is 0.576 bits per heavy atom. The molecular weight excluding hydrogens is 856 g/mol. The van der Waals surface area contributed by atoms with Gasteiger partial charge in [-0.3, -0.25) is 39.5 Å². The lowest BCUT2D eigenvalue weighted by molar-refractivity contribution is -0.125. The van der Waals surface area contributed by atoms with Crippen LogP contribution in [0.1, 0.15) is 46.2 Å². The molecule has 66 heavy (non-hydrogen) atoms. The van der Waals surface area contributed by atoms with E-state index in [1.165, 1.54) is 31.2 Å². The van der Waals surface area contributed by atoms with Gasteiger partial charge in [0.15, 0.2) is 14.6 Å². The minimum atomic E-state index is -1.04. The van der Waals surface area contributed by atoms with Crippen molar-refractivity contribution in [3.05, 3.63) is 118 Å². The van der Waals surface area contributed by atoms with Crippen molar-refractivity contribution in [2.24, 2.45) is 0 Å². The number of nitrogens with one attached hydrogen (secondary N) is 3. The monoisotopic (exact) mass is 898 g/mol. The number of ether oxygens (including phenoxy) is 7. The van der Waals surface area contributed by atoms with Crippen LogP contribution in [0.15, 0.2) is 84.9 Å². The summed E-state index contributed by atoms with van der Waals surface area (Å²) in [6, 6.07) is 22.7. The molecule has 0 fully saturated rings. The van der Waals surface area contributed by atoms with Gasteiger partial charge in [-0.1, -0.05) is 36.4 Å². The van der Waals surface area contributed by atoms with E-state index in [1.54, 1.807) is 72.8 Å². The predicted molar refractivity (Wildman–Crippen MR) is 241 cm³/mol. The maximum absolute atomic E-state index is 13.4. The summed E-state index contributed by atoms with van der Waals surface area (Å²) >= 11 is 0. The van der Waals surface area contributed by atoms with E-state index in [4.69, 9.17) is 61.5 Å². The quantitative estimate of drug-likeness (QED) is 0.0432. The summed E-state index contributed by atoms with van der Waals surface area (Å²) in [4.78, 5) is 93.8. The molecule has 0 bridgehead atoms. The second-order valence-electron chi connectivity index (χ2n) is 13.4. The van der Waals surface area contributed by atoms with E-state index in [0.29, 0.717) is 50.5 Å². The van der Waals surface area contributed by atoms with Gasteiger partial charge in [-0.05, 0) is 70.8 Å². The van der Waals surface area contributed by atoms with Crippen LogP contribution < -0.4 is 25.6 Å². The molecule has 0 atom stereocenters. The third-order valence-corrected chi connectivity index (χ3v) is 8.66. The average molecular weight is 898 g/mol. The van der Waals surface area contributed by atoms with Crippen molar-refractivity contribution in [1.29, 1.82) is 0 Å². The highest BCUT2D eigenvalue weighted by atomic mass is 16.6. The molecule has 4 rings (SSSR count). The van der Waals surface area contributed by atoms with Gasteiger partial charge in [-0.2, -0.15) is 0 Å². The Labute approximate surface area is 385 Å². The van der Waals surface area contributed by atoms with Crippen LogP contribution in [-0.4, -0.2) is 100 Å². The maximum atomic E-state index is 13.4. The van der Waals surface area contributed by atoms with Gasteiger partial charge < -0.3 is 43.3 Å². The molecule has 0 unspecified atom stereocenters. The fourth-order valence-electron chi connectivity index (χ4n) is 5.52. The summed E-state index contributed by atoms with van der Waals surface area (Å²) in [6.45, 7) is -0.807. The Balaban J connectivity index is 0.00000375. The summed E-state index contributed by atoms with van der Waals surface area (Å²) in [5, 5.41) is 7.73. The summed E-state index contributed by atoms with van der Waals surface area (Å²) < 4.78 is 36.4. The fourth-order valence-corrected chi connectivity index (χ4v) is 5.52. The van der Waals surface area contributed by atoms with Crippen LogP contribution in [-0.2, 0) is 82.4 Å². The van der Waals surface area contributed by atoms with Gasteiger partial charge in [0.2, 0.25) is 53.0 Å². The molecule has 0 saturated carbocycles. The lowest BCUT2D eigenvalue weighted by Gasteiger charge is -2.23. The molecule has 0 aliphatic heterocycles. The van der Waals surface area contributed by atoms with Crippen molar-refractivity contribution < 1.29 is 71.5 Å². The molecule has 0 saturated heterocycles. The number of hydrogen-bond acceptors (Lipinski definition) is 15. The van der Waals surface area contributed by atoms with Crippen LogP contribution in [0, 0.1) is 0 Å². The first-order chi connectivity index (χ1) is 31.6. The van der Waals surface area contributed by atoms with Crippen molar-refractivity contribution >= 4 is 96.2 Å². The Bertz CT molecular complexity index is 2300. The molecule has 4 aromatic carbocycles. The molecule has 0 spiro atoms. The van der Waals surface area contributed by atoms with E-state index in [1.807, 2.05) is 0 Å². The first-order valence-corrected chi connectivity index (χ1v) is 19.5. The molecule has 0 aromatic heterocycles. The first kappa shape index (κ1) is 52.8. The van der Waals surface area contributed by atoms with Crippen LogP contribution in [0.2, 0.25) is 0 Å². The highest BCUT2D eigenvalue weighted by Gasteiger charge is 2.19. The van der Waals surface area contributed by atoms with Gasteiger partial charge in [0.25, 0.3) is 0 Å². The molecule has 0 aliphatic carbocycles. The molecule has 8 radical (unpaired) electrons. The third-order valence-electron chi connectivity index (χ3n) is 8.66. The minimum Gasteiger partial charge on any atom is -0.473 e. The van der Waals surface area contributed by atoms with E-state index in [9.17, 15) is 33.6 Å². The number of carbonyl (C=O) groups excluding carboxylic acids is 8. The van der Waals surface area contributed by atoms with Crippen molar-refractivity contribution in [3.63, 3.8) is 0 Å². The average Bonchev–Trinajstić information content (AvgIpc) is 3.29. The Hall–Kier alpha value is -7.54. The van der Waals surface area contributed by atoms with Crippen LogP contribution in [0.5, 0.6) is 5.75 Å². The second kappa shape index (κ2) is 28.3. The standard InChI is InChI=1S/C42H41B3N4O14.CHBO/c1-46-36(50)15-16-37(51)49(25-63-33-11-5-27(6-12-33)20-62-41(55)47-34-13-7-28(21-58-38(43)52)17-30(34)23-57-2)32-9-3-26(4-10-32)19-61-42(56)48-35-14-8-29(22-59-39(44)53)18-31(35)24-60-40(45)54;2-1-3/h3-14,17-18H,15-16,19-25H2,1-2H3,(H,46,50)(H,47,55)(H,48,56);1H. The first-order valence-electron chi connectivity index (χ1n) is 19.5. The smallest absolute Gasteiger partial charge is 0.411 e. The summed E-state index contributed by atoms with van der Waals surface area (Å²) in [7, 11) is 22.3. The van der Waals surface area contributed by atoms with E-state index in [-0.39, 0.29) is 77.0 Å². The highest BCUT2D eigenvalue weighted by molar-refractivity contribution is 6.55. The van der Waals surface area contributed by atoms with E-state index >= 15 is 0 Å². The molecule has 23 heteroatoms. The van der Waals surface area contributed by atoms with Crippen LogP contribution >= 0.6 is 0 Å². The van der Waals surface area contributed by atoms with E-state index in [0.717, 1.165) is 0 Å². The molecule has 336 valence electrons. The molecule has 19 nitrogen and oxygen atoms in total. The summed E-state index contributed by atoms with van der Waals surface area (Å²) in [6.07, 6.45) is -1.48. The highest BCUT2D eigenvalue weighted by Crippen LogP contribution is 2.23. The number of benzene rings is 4. The maximum Gasteiger partial charge on any atom is 0.411 e. The molecule has 0 aliphatic rings. The number of carbonyl (C=O) groups is 8. The van der Waals surface area contributed by atoms with Gasteiger partial charge in [0.05, 0.1) is 18.5 Å². The van der Waals surface area contributed by atoms with Gasteiger partial charge in [-0.15, -0.1) is 0 Å². The number of amides is 4. The zero-order chi connectivity index (χ0) is 48.4. The molecule has 0 heterocycles. The molecule has 4 amide bonds.